The third-order valence-electron chi connectivity index (χ3n) is 4.02. The number of benzene rings is 1. The first-order valence-electron chi connectivity index (χ1n) is 8.19. The molecule has 2 rings (SSSR count). The fraction of sp³-hybridized carbons (Fsp3) is 0.333. The molecule has 1 heterocycles. The fourth-order valence-corrected chi connectivity index (χ4v) is 3.09. The Morgan fingerprint density at radius 1 is 1.37 bits per heavy atom. The highest BCUT2D eigenvalue weighted by Crippen LogP contribution is 2.28. The van der Waals surface area contributed by atoms with Crippen molar-refractivity contribution >= 4 is 41.2 Å². The minimum atomic E-state index is -0.914. The minimum absolute atomic E-state index is 0.0550. The Morgan fingerprint density at radius 2 is 2.04 bits per heavy atom. The van der Waals surface area contributed by atoms with Crippen LogP contribution in [0.4, 0.5) is 15.3 Å². The number of carbonyl (C=O) groups is 3. The van der Waals surface area contributed by atoms with Crippen molar-refractivity contribution in [3.63, 3.8) is 0 Å². The second kappa shape index (κ2) is 9.22. The summed E-state index contributed by atoms with van der Waals surface area (Å²) in [6.45, 7) is 5.03. The lowest BCUT2D eigenvalue weighted by molar-refractivity contribution is -0.119. The number of urea groups is 1. The topological polar surface area (TPSA) is 99.5 Å². The van der Waals surface area contributed by atoms with Gasteiger partial charge in [-0.3, -0.25) is 4.79 Å². The van der Waals surface area contributed by atoms with Crippen molar-refractivity contribution in [2.45, 2.75) is 19.4 Å². The number of rotatable bonds is 7. The third kappa shape index (κ3) is 4.30. The molecule has 0 aliphatic carbocycles. The van der Waals surface area contributed by atoms with Crippen LogP contribution in [0.3, 0.4) is 0 Å². The summed E-state index contributed by atoms with van der Waals surface area (Å²) in [5, 5.41) is 12.0. The summed E-state index contributed by atoms with van der Waals surface area (Å²) in [5.74, 6) is 0.123. The molecule has 0 spiro atoms. The molecule has 1 saturated heterocycles. The van der Waals surface area contributed by atoms with Crippen LogP contribution in [0.5, 0.6) is 0 Å². The molecule has 1 aromatic rings. The van der Waals surface area contributed by atoms with Crippen molar-refractivity contribution in [3.8, 4) is 0 Å². The van der Waals surface area contributed by atoms with Gasteiger partial charge in [0, 0.05) is 0 Å². The van der Waals surface area contributed by atoms with E-state index in [1.807, 2.05) is 6.26 Å². The molecule has 1 aliphatic rings. The van der Waals surface area contributed by atoms with Gasteiger partial charge in [0.15, 0.2) is 0 Å². The summed E-state index contributed by atoms with van der Waals surface area (Å²) in [4.78, 5) is 39.8. The van der Waals surface area contributed by atoms with E-state index in [-0.39, 0.29) is 6.61 Å². The second-order valence-electron chi connectivity index (χ2n) is 5.72. The lowest BCUT2D eigenvalue weighted by Gasteiger charge is -2.18. The van der Waals surface area contributed by atoms with Gasteiger partial charge in [-0.15, -0.1) is 0 Å². The SMILES string of the molecule is C=CCOC(=O)N1C(=O)N(c2ccc(/C(C)=N/O)cc2)C(=O)C1CCSC. The first-order chi connectivity index (χ1) is 13.0. The summed E-state index contributed by atoms with van der Waals surface area (Å²) in [7, 11) is 0. The Bertz CT molecular complexity index is 763. The maximum absolute atomic E-state index is 12.8. The molecule has 4 amide bonds. The summed E-state index contributed by atoms with van der Waals surface area (Å²) in [6, 6.07) is 4.71. The third-order valence-corrected chi connectivity index (χ3v) is 4.67. The van der Waals surface area contributed by atoms with Crippen molar-refractivity contribution in [2.75, 3.05) is 23.5 Å². The maximum atomic E-state index is 12.8. The molecule has 27 heavy (non-hydrogen) atoms. The molecule has 0 radical (unpaired) electrons. The summed E-state index contributed by atoms with van der Waals surface area (Å²) < 4.78 is 4.97. The van der Waals surface area contributed by atoms with E-state index in [2.05, 4.69) is 11.7 Å². The predicted octanol–water partition coefficient (Wildman–Crippen LogP) is 3.10. The highest BCUT2D eigenvalue weighted by atomic mass is 32.2. The fourth-order valence-electron chi connectivity index (χ4n) is 2.63. The molecule has 0 aromatic heterocycles. The zero-order chi connectivity index (χ0) is 20.0. The van der Waals surface area contributed by atoms with Crippen LogP contribution >= 0.6 is 11.8 Å². The van der Waals surface area contributed by atoms with Crippen molar-refractivity contribution in [3.05, 3.63) is 42.5 Å². The first kappa shape index (κ1) is 20.5. The number of hydrogen-bond donors (Lipinski definition) is 1. The van der Waals surface area contributed by atoms with Crippen molar-refractivity contribution in [1.29, 1.82) is 0 Å². The molecular formula is C18H21N3O5S. The number of imide groups is 2. The molecule has 8 nitrogen and oxygen atoms in total. The molecule has 9 heteroatoms. The zero-order valence-electron chi connectivity index (χ0n) is 15.1. The van der Waals surface area contributed by atoms with E-state index in [0.717, 1.165) is 9.80 Å². The van der Waals surface area contributed by atoms with Gasteiger partial charge in [0.05, 0.1) is 11.4 Å². The summed E-state index contributed by atoms with van der Waals surface area (Å²) >= 11 is 1.51. The van der Waals surface area contributed by atoms with Crippen LogP contribution < -0.4 is 4.90 Å². The maximum Gasteiger partial charge on any atom is 0.419 e. The van der Waals surface area contributed by atoms with Crippen LogP contribution in [0.1, 0.15) is 18.9 Å². The van der Waals surface area contributed by atoms with Gasteiger partial charge in [0.1, 0.15) is 12.6 Å². The number of anilines is 1. The molecule has 144 valence electrons. The number of carbonyl (C=O) groups excluding carboxylic acids is 3. The van der Waals surface area contributed by atoms with Gasteiger partial charge in [0.2, 0.25) is 0 Å². The quantitative estimate of drug-likeness (QED) is 0.252. The molecule has 1 N–H and O–H groups in total. The van der Waals surface area contributed by atoms with Gasteiger partial charge in [-0.1, -0.05) is 29.9 Å². The lowest BCUT2D eigenvalue weighted by Crippen LogP contribution is -2.41. The highest BCUT2D eigenvalue weighted by Gasteiger charge is 2.49. The molecule has 1 atom stereocenters. The average molecular weight is 391 g/mol. The molecule has 1 fully saturated rings. The normalized spacial score (nSPS) is 17.4. The van der Waals surface area contributed by atoms with Crippen molar-refractivity contribution in [2.24, 2.45) is 5.16 Å². The van der Waals surface area contributed by atoms with Crippen molar-refractivity contribution in [1.82, 2.24) is 4.90 Å². The van der Waals surface area contributed by atoms with Gasteiger partial charge in [-0.2, -0.15) is 11.8 Å². The van der Waals surface area contributed by atoms with E-state index >= 15 is 0 Å². The number of hydrogen-bond acceptors (Lipinski definition) is 7. The number of oxime groups is 1. The predicted molar refractivity (Wildman–Crippen MR) is 103 cm³/mol. The number of ether oxygens (including phenoxy) is 1. The standard InChI is InChI=1S/C18H21N3O5S/c1-4-10-26-18(24)21-15(9-11-27-3)16(22)20(17(21)23)14-7-5-13(6-8-14)12(2)19-25/h4-8,15,25H,1,9-11H2,2-3H3/b19-12+. The Hall–Kier alpha value is -2.81. The van der Waals surface area contributed by atoms with Gasteiger partial charge in [-0.05, 0) is 43.0 Å². The van der Waals surface area contributed by atoms with E-state index in [1.54, 1.807) is 31.2 Å². The van der Waals surface area contributed by atoms with E-state index in [0.29, 0.717) is 29.1 Å². The van der Waals surface area contributed by atoms with E-state index in [9.17, 15) is 14.4 Å². The molecule has 1 aliphatic heterocycles. The second-order valence-corrected chi connectivity index (χ2v) is 6.71. The highest BCUT2D eigenvalue weighted by molar-refractivity contribution is 7.98. The summed E-state index contributed by atoms with van der Waals surface area (Å²) in [5.41, 5.74) is 1.36. The zero-order valence-corrected chi connectivity index (χ0v) is 15.9. The molecule has 1 aromatic carbocycles. The van der Waals surface area contributed by atoms with Gasteiger partial charge in [0.25, 0.3) is 5.91 Å². The van der Waals surface area contributed by atoms with E-state index in [1.165, 1.54) is 17.8 Å². The van der Waals surface area contributed by atoms with Crippen LogP contribution in [-0.2, 0) is 9.53 Å². The van der Waals surface area contributed by atoms with Crippen LogP contribution in [0.25, 0.3) is 0 Å². The Morgan fingerprint density at radius 3 is 2.59 bits per heavy atom. The number of thioether (sulfide) groups is 1. The Labute approximate surface area is 161 Å². The van der Waals surface area contributed by atoms with Crippen LogP contribution in [0, 0.1) is 0 Å². The number of nitrogens with zero attached hydrogens (tertiary/aromatic N) is 3. The monoisotopic (exact) mass is 391 g/mol. The van der Waals surface area contributed by atoms with Crippen molar-refractivity contribution < 1.29 is 24.3 Å². The van der Waals surface area contributed by atoms with Crippen LogP contribution in [-0.4, -0.2) is 58.5 Å². The molecule has 0 bridgehead atoms. The van der Waals surface area contributed by atoms with E-state index < -0.39 is 24.1 Å². The van der Waals surface area contributed by atoms with Gasteiger partial charge in [-0.25, -0.2) is 19.4 Å². The van der Waals surface area contributed by atoms with Gasteiger partial charge >= 0.3 is 12.1 Å². The largest absolute Gasteiger partial charge is 0.445 e. The smallest absolute Gasteiger partial charge is 0.419 e. The van der Waals surface area contributed by atoms with Gasteiger partial charge < -0.3 is 9.94 Å². The Balaban J connectivity index is 2.33. The first-order valence-corrected chi connectivity index (χ1v) is 9.58. The number of amides is 4. The lowest BCUT2D eigenvalue weighted by atomic mass is 10.1. The van der Waals surface area contributed by atoms with Crippen LogP contribution in [0.2, 0.25) is 0 Å². The summed E-state index contributed by atoms with van der Waals surface area (Å²) in [6.07, 6.45) is 2.73. The van der Waals surface area contributed by atoms with Crippen LogP contribution in [0.15, 0.2) is 42.1 Å². The molecular weight excluding hydrogens is 370 g/mol. The average Bonchev–Trinajstić information content (AvgIpc) is 2.93. The molecule has 0 saturated carbocycles. The molecule has 1 unspecified atom stereocenters. The van der Waals surface area contributed by atoms with E-state index in [4.69, 9.17) is 9.94 Å². The Kier molecular flexibility index (Phi) is 7.00. The minimum Gasteiger partial charge on any atom is -0.445 e.